The second-order valence-electron chi connectivity index (χ2n) is 3.40. The summed E-state index contributed by atoms with van der Waals surface area (Å²) in [5.74, 6) is -0.434. The van der Waals surface area contributed by atoms with Crippen molar-refractivity contribution in [3.63, 3.8) is 0 Å². The van der Waals surface area contributed by atoms with E-state index in [0.717, 1.165) is 0 Å². The Hall–Kier alpha value is -1.45. The van der Waals surface area contributed by atoms with Crippen molar-refractivity contribution < 1.29 is 18.3 Å². The zero-order chi connectivity index (χ0) is 11.8. The predicted octanol–water partition coefficient (Wildman–Crippen LogP) is 2.93. The first-order valence-electron chi connectivity index (χ1n) is 5.16. The quantitative estimate of drug-likeness (QED) is 0.552. The SMILES string of the molecule is O=C(OCCCC(F)CF)c1ccccc1. The van der Waals surface area contributed by atoms with Crippen LogP contribution in [0.5, 0.6) is 0 Å². The monoisotopic (exact) mass is 228 g/mol. The van der Waals surface area contributed by atoms with Crippen LogP contribution in [0.4, 0.5) is 8.78 Å². The molecule has 4 heteroatoms. The molecular formula is C12H14F2O2. The van der Waals surface area contributed by atoms with E-state index >= 15 is 0 Å². The van der Waals surface area contributed by atoms with E-state index in [0.29, 0.717) is 12.0 Å². The summed E-state index contributed by atoms with van der Waals surface area (Å²) in [7, 11) is 0. The van der Waals surface area contributed by atoms with E-state index in [-0.39, 0.29) is 13.0 Å². The van der Waals surface area contributed by atoms with Gasteiger partial charge in [0.2, 0.25) is 0 Å². The average molecular weight is 228 g/mol. The minimum atomic E-state index is -1.45. The van der Waals surface area contributed by atoms with Crippen LogP contribution in [0.3, 0.4) is 0 Å². The van der Waals surface area contributed by atoms with Crippen molar-refractivity contribution in [1.29, 1.82) is 0 Å². The molecule has 1 atom stereocenters. The number of alkyl halides is 2. The first-order chi connectivity index (χ1) is 7.74. The Morgan fingerprint density at radius 3 is 2.62 bits per heavy atom. The fourth-order valence-electron chi connectivity index (χ4n) is 1.20. The zero-order valence-corrected chi connectivity index (χ0v) is 8.86. The van der Waals surface area contributed by atoms with Gasteiger partial charge in [-0.2, -0.15) is 0 Å². The largest absolute Gasteiger partial charge is 0.462 e. The number of carbonyl (C=O) groups is 1. The van der Waals surface area contributed by atoms with Gasteiger partial charge in [0.05, 0.1) is 12.2 Å². The number of halogens is 2. The maximum Gasteiger partial charge on any atom is 0.338 e. The molecule has 1 aromatic carbocycles. The summed E-state index contributed by atoms with van der Waals surface area (Å²) < 4.78 is 29.1. The lowest BCUT2D eigenvalue weighted by Gasteiger charge is -2.05. The molecule has 0 N–H and O–H groups in total. The lowest BCUT2D eigenvalue weighted by atomic mass is 10.2. The van der Waals surface area contributed by atoms with Crippen LogP contribution in [0.25, 0.3) is 0 Å². The van der Waals surface area contributed by atoms with Crippen molar-refractivity contribution in [2.45, 2.75) is 19.0 Å². The molecule has 1 unspecified atom stereocenters. The summed E-state index contributed by atoms with van der Waals surface area (Å²) in [4.78, 5) is 11.4. The Bertz CT molecular complexity index is 314. The number of carbonyl (C=O) groups excluding carboxylic acids is 1. The molecule has 0 spiro atoms. The van der Waals surface area contributed by atoms with Crippen molar-refractivity contribution in [2.24, 2.45) is 0 Å². The van der Waals surface area contributed by atoms with Gasteiger partial charge < -0.3 is 4.74 Å². The van der Waals surface area contributed by atoms with Crippen molar-refractivity contribution in [3.05, 3.63) is 35.9 Å². The molecule has 0 aliphatic rings. The molecule has 0 aliphatic heterocycles. The van der Waals surface area contributed by atoms with E-state index in [1.807, 2.05) is 0 Å². The Labute approximate surface area is 93.2 Å². The Kier molecular flexibility index (Phi) is 5.46. The Balaban J connectivity index is 2.21. The first kappa shape index (κ1) is 12.6. The van der Waals surface area contributed by atoms with Gasteiger partial charge in [-0.1, -0.05) is 18.2 Å². The van der Waals surface area contributed by atoms with E-state index in [9.17, 15) is 13.6 Å². The van der Waals surface area contributed by atoms with E-state index in [1.54, 1.807) is 30.3 Å². The highest BCUT2D eigenvalue weighted by Gasteiger charge is 2.08. The molecule has 1 aromatic rings. The fourth-order valence-corrected chi connectivity index (χ4v) is 1.20. The molecular weight excluding hydrogens is 214 g/mol. The smallest absolute Gasteiger partial charge is 0.338 e. The van der Waals surface area contributed by atoms with Crippen LogP contribution in [0, 0.1) is 0 Å². The first-order valence-corrected chi connectivity index (χ1v) is 5.16. The van der Waals surface area contributed by atoms with Crippen molar-refractivity contribution in [1.82, 2.24) is 0 Å². The van der Waals surface area contributed by atoms with Gasteiger partial charge in [0.15, 0.2) is 0 Å². The van der Waals surface area contributed by atoms with Crippen LogP contribution in [-0.2, 0) is 4.74 Å². The summed E-state index contributed by atoms with van der Waals surface area (Å²) in [6.45, 7) is -0.860. The second kappa shape index (κ2) is 6.93. The van der Waals surface area contributed by atoms with E-state index in [2.05, 4.69) is 0 Å². The zero-order valence-electron chi connectivity index (χ0n) is 8.86. The van der Waals surface area contributed by atoms with Crippen LogP contribution in [0.2, 0.25) is 0 Å². The average Bonchev–Trinajstić information content (AvgIpc) is 2.35. The van der Waals surface area contributed by atoms with E-state index in [1.165, 1.54) is 0 Å². The molecule has 0 aromatic heterocycles. The van der Waals surface area contributed by atoms with Crippen molar-refractivity contribution in [3.8, 4) is 0 Å². The van der Waals surface area contributed by atoms with Gasteiger partial charge in [-0.3, -0.25) is 0 Å². The van der Waals surface area contributed by atoms with Gasteiger partial charge in [-0.25, -0.2) is 13.6 Å². The summed E-state index contributed by atoms with van der Waals surface area (Å²) in [6, 6.07) is 8.55. The Morgan fingerprint density at radius 1 is 1.31 bits per heavy atom. The lowest BCUT2D eigenvalue weighted by molar-refractivity contribution is 0.0488. The van der Waals surface area contributed by atoms with Crippen LogP contribution in [0.1, 0.15) is 23.2 Å². The molecule has 0 saturated carbocycles. The second-order valence-corrected chi connectivity index (χ2v) is 3.40. The normalized spacial score (nSPS) is 12.1. The van der Waals surface area contributed by atoms with Gasteiger partial charge in [-0.15, -0.1) is 0 Å². The minimum absolute atomic E-state index is 0.0819. The molecule has 0 aliphatic carbocycles. The molecule has 2 nitrogen and oxygen atoms in total. The number of hydrogen-bond donors (Lipinski definition) is 0. The number of rotatable bonds is 6. The van der Waals surface area contributed by atoms with Gasteiger partial charge in [0.1, 0.15) is 12.8 Å². The minimum Gasteiger partial charge on any atom is -0.462 e. The third-order valence-electron chi connectivity index (χ3n) is 2.07. The number of hydrogen-bond acceptors (Lipinski definition) is 2. The van der Waals surface area contributed by atoms with Gasteiger partial charge in [0, 0.05) is 0 Å². The number of esters is 1. The van der Waals surface area contributed by atoms with E-state index in [4.69, 9.17) is 4.74 Å². The highest BCUT2D eigenvalue weighted by molar-refractivity contribution is 5.89. The summed E-state index contributed by atoms with van der Waals surface area (Å²) >= 11 is 0. The van der Waals surface area contributed by atoms with Crippen LogP contribution in [0.15, 0.2) is 30.3 Å². The third kappa shape index (κ3) is 4.38. The molecule has 0 radical (unpaired) electrons. The maximum atomic E-state index is 12.5. The highest BCUT2D eigenvalue weighted by Crippen LogP contribution is 2.05. The maximum absolute atomic E-state index is 12.5. The molecule has 0 heterocycles. The number of benzene rings is 1. The van der Waals surface area contributed by atoms with Crippen molar-refractivity contribution >= 4 is 5.97 Å². The topological polar surface area (TPSA) is 26.3 Å². The molecule has 0 fully saturated rings. The van der Waals surface area contributed by atoms with Crippen LogP contribution < -0.4 is 0 Å². The molecule has 0 bridgehead atoms. The fraction of sp³-hybridized carbons (Fsp3) is 0.417. The highest BCUT2D eigenvalue weighted by atomic mass is 19.2. The summed E-state index contributed by atoms with van der Waals surface area (Å²) in [6.07, 6.45) is -1.03. The molecule has 1 rings (SSSR count). The third-order valence-corrected chi connectivity index (χ3v) is 2.07. The van der Waals surface area contributed by atoms with Gasteiger partial charge >= 0.3 is 5.97 Å². The lowest BCUT2D eigenvalue weighted by Crippen LogP contribution is -2.09. The molecule has 88 valence electrons. The van der Waals surface area contributed by atoms with Crippen LogP contribution >= 0.6 is 0 Å². The standard InChI is InChI=1S/C12H14F2O2/c13-9-11(14)7-4-8-16-12(15)10-5-2-1-3-6-10/h1-3,5-6,11H,4,7-9H2. The molecule has 0 saturated heterocycles. The van der Waals surface area contributed by atoms with E-state index < -0.39 is 18.8 Å². The van der Waals surface area contributed by atoms with Crippen LogP contribution in [-0.4, -0.2) is 25.4 Å². The van der Waals surface area contributed by atoms with Gasteiger partial charge in [-0.05, 0) is 25.0 Å². The predicted molar refractivity (Wildman–Crippen MR) is 56.8 cm³/mol. The Morgan fingerprint density at radius 2 is 2.00 bits per heavy atom. The summed E-state index contributed by atoms with van der Waals surface area (Å²) in [5.41, 5.74) is 0.463. The number of ether oxygens (including phenoxy) is 1. The summed E-state index contributed by atoms with van der Waals surface area (Å²) in [5, 5.41) is 0. The molecule has 0 amide bonds. The van der Waals surface area contributed by atoms with Crippen molar-refractivity contribution in [2.75, 3.05) is 13.3 Å². The molecule has 16 heavy (non-hydrogen) atoms. The van der Waals surface area contributed by atoms with Gasteiger partial charge in [0.25, 0.3) is 0 Å².